The fourth-order valence-corrected chi connectivity index (χ4v) is 2.12. The van der Waals surface area contributed by atoms with Crippen LogP contribution in [0.25, 0.3) is 0 Å². The Hall–Kier alpha value is -1.49. The fraction of sp³-hybridized carbons (Fsp3) is 0.462. The number of ether oxygens (including phenoxy) is 1. The number of ketones is 1. The highest BCUT2D eigenvalue weighted by molar-refractivity contribution is 5.96. The van der Waals surface area contributed by atoms with Crippen LogP contribution in [0.15, 0.2) is 24.3 Å². The molecule has 1 aliphatic rings. The van der Waals surface area contributed by atoms with Gasteiger partial charge in [-0.05, 0) is 31.5 Å². The zero-order valence-corrected chi connectivity index (χ0v) is 9.86. The number of nitrogens with one attached hydrogen (secondary N) is 1. The lowest BCUT2D eigenvalue weighted by molar-refractivity contribution is -0.0498. The largest absolute Gasteiger partial charge is 0.435 e. The Labute approximate surface area is 104 Å². The lowest BCUT2D eigenvalue weighted by atomic mass is 10.0. The molecule has 1 aromatic carbocycles. The van der Waals surface area contributed by atoms with E-state index in [0.717, 1.165) is 19.4 Å². The van der Waals surface area contributed by atoms with Crippen LogP contribution in [0.4, 0.5) is 8.78 Å². The molecule has 0 aliphatic carbocycles. The first-order valence-corrected chi connectivity index (χ1v) is 5.96. The van der Waals surface area contributed by atoms with Gasteiger partial charge in [0.15, 0.2) is 5.78 Å². The van der Waals surface area contributed by atoms with Gasteiger partial charge in [-0.3, -0.25) is 4.79 Å². The molecule has 0 saturated carbocycles. The Kier molecular flexibility index (Phi) is 4.25. The summed E-state index contributed by atoms with van der Waals surface area (Å²) in [5.41, 5.74) is 0.418. The van der Waals surface area contributed by atoms with Crippen LogP contribution in [0.1, 0.15) is 29.6 Å². The standard InChI is InChI=1S/C13H15F2NO2/c14-13(15)18-11-5-1-3-9(7-11)12(17)8-10-4-2-6-16-10/h1,3,5,7,10,13,16H,2,4,6,8H2. The molecule has 1 aliphatic heterocycles. The first kappa shape index (κ1) is 13.0. The molecule has 0 spiro atoms. The summed E-state index contributed by atoms with van der Waals surface area (Å²) >= 11 is 0. The number of carbonyl (C=O) groups is 1. The molecular weight excluding hydrogens is 240 g/mol. The van der Waals surface area contributed by atoms with Crippen LogP contribution in [-0.4, -0.2) is 25.0 Å². The average Bonchev–Trinajstić information content (AvgIpc) is 2.81. The Morgan fingerprint density at radius 3 is 3.00 bits per heavy atom. The summed E-state index contributed by atoms with van der Waals surface area (Å²) in [4.78, 5) is 12.0. The maximum atomic E-state index is 12.1. The van der Waals surface area contributed by atoms with Gasteiger partial charge in [0.1, 0.15) is 5.75 Å². The predicted octanol–water partition coefficient (Wildman–Crippen LogP) is 2.61. The Morgan fingerprint density at radius 1 is 1.50 bits per heavy atom. The third kappa shape index (κ3) is 3.50. The Balaban J connectivity index is 2.00. The minimum Gasteiger partial charge on any atom is -0.435 e. The van der Waals surface area contributed by atoms with Gasteiger partial charge >= 0.3 is 6.61 Å². The molecule has 1 saturated heterocycles. The van der Waals surface area contributed by atoms with E-state index in [1.165, 1.54) is 12.1 Å². The molecule has 1 heterocycles. The summed E-state index contributed by atoms with van der Waals surface area (Å²) in [6.07, 6.45) is 2.46. The minimum atomic E-state index is -2.87. The number of Topliss-reactive ketones (excluding diaryl/α,β-unsaturated/α-hetero) is 1. The number of rotatable bonds is 5. The highest BCUT2D eigenvalue weighted by atomic mass is 19.3. The van der Waals surface area contributed by atoms with E-state index < -0.39 is 6.61 Å². The Bertz CT molecular complexity index is 417. The molecular formula is C13H15F2NO2. The van der Waals surface area contributed by atoms with Crippen LogP contribution in [0.3, 0.4) is 0 Å². The lowest BCUT2D eigenvalue weighted by Gasteiger charge is -2.10. The van der Waals surface area contributed by atoms with E-state index in [0.29, 0.717) is 12.0 Å². The van der Waals surface area contributed by atoms with Crippen LogP contribution in [0.5, 0.6) is 5.75 Å². The van der Waals surface area contributed by atoms with Crippen LogP contribution in [0.2, 0.25) is 0 Å². The predicted molar refractivity (Wildman–Crippen MR) is 63.0 cm³/mol. The summed E-state index contributed by atoms with van der Waals surface area (Å²) in [5, 5.41) is 3.23. The van der Waals surface area contributed by atoms with Gasteiger partial charge in [0.05, 0.1) is 0 Å². The summed E-state index contributed by atoms with van der Waals surface area (Å²) < 4.78 is 28.4. The highest BCUT2D eigenvalue weighted by Gasteiger charge is 2.19. The average molecular weight is 255 g/mol. The molecule has 5 heteroatoms. The summed E-state index contributed by atoms with van der Waals surface area (Å²) in [6.45, 7) is -1.93. The van der Waals surface area contributed by atoms with Crippen molar-refractivity contribution in [2.45, 2.75) is 31.9 Å². The SMILES string of the molecule is O=C(CC1CCCN1)c1cccc(OC(F)F)c1. The third-order valence-corrected chi connectivity index (χ3v) is 2.98. The quantitative estimate of drug-likeness (QED) is 0.822. The molecule has 1 N–H and O–H groups in total. The topological polar surface area (TPSA) is 38.3 Å². The molecule has 0 bridgehead atoms. The molecule has 0 amide bonds. The molecule has 1 aromatic rings. The fourth-order valence-electron chi connectivity index (χ4n) is 2.12. The third-order valence-electron chi connectivity index (χ3n) is 2.98. The zero-order chi connectivity index (χ0) is 13.0. The second-order valence-electron chi connectivity index (χ2n) is 4.33. The van der Waals surface area contributed by atoms with Gasteiger partial charge in [0, 0.05) is 18.0 Å². The Morgan fingerprint density at radius 2 is 2.33 bits per heavy atom. The van der Waals surface area contributed by atoms with E-state index in [1.54, 1.807) is 12.1 Å². The zero-order valence-electron chi connectivity index (χ0n) is 9.86. The maximum Gasteiger partial charge on any atom is 0.387 e. The van der Waals surface area contributed by atoms with Crippen molar-refractivity contribution in [3.05, 3.63) is 29.8 Å². The number of carbonyl (C=O) groups excluding carboxylic acids is 1. The number of alkyl halides is 2. The number of halogens is 2. The second kappa shape index (κ2) is 5.91. The minimum absolute atomic E-state index is 0.0234. The van der Waals surface area contributed by atoms with Crippen molar-refractivity contribution < 1.29 is 18.3 Å². The van der Waals surface area contributed by atoms with Gasteiger partial charge in [0.2, 0.25) is 0 Å². The molecule has 2 rings (SSSR count). The molecule has 3 nitrogen and oxygen atoms in total. The van der Waals surface area contributed by atoms with E-state index >= 15 is 0 Å². The molecule has 18 heavy (non-hydrogen) atoms. The number of benzene rings is 1. The van der Waals surface area contributed by atoms with E-state index in [2.05, 4.69) is 10.1 Å². The molecule has 0 radical (unpaired) electrons. The maximum absolute atomic E-state index is 12.1. The van der Waals surface area contributed by atoms with Crippen LogP contribution in [-0.2, 0) is 0 Å². The van der Waals surface area contributed by atoms with Crippen LogP contribution >= 0.6 is 0 Å². The summed E-state index contributed by atoms with van der Waals surface area (Å²) in [6, 6.07) is 6.15. The van der Waals surface area contributed by atoms with E-state index in [-0.39, 0.29) is 17.6 Å². The van der Waals surface area contributed by atoms with Gasteiger partial charge in [-0.1, -0.05) is 12.1 Å². The lowest BCUT2D eigenvalue weighted by Crippen LogP contribution is -2.24. The normalized spacial score (nSPS) is 19.2. The number of hydrogen-bond acceptors (Lipinski definition) is 3. The summed E-state index contributed by atoms with van der Waals surface area (Å²) in [7, 11) is 0. The molecule has 0 aromatic heterocycles. The van der Waals surface area contributed by atoms with Gasteiger partial charge < -0.3 is 10.1 Å². The van der Waals surface area contributed by atoms with Gasteiger partial charge in [-0.2, -0.15) is 8.78 Å². The first-order valence-electron chi connectivity index (χ1n) is 5.96. The monoisotopic (exact) mass is 255 g/mol. The van der Waals surface area contributed by atoms with Crippen molar-refractivity contribution in [1.29, 1.82) is 0 Å². The molecule has 1 fully saturated rings. The van der Waals surface area contributed by atoms with E-state index in [1.807, 2.05) is 0 Å². The summed E-state index contributed by atoms with van der Waals surface area (Å²) in [5.74, 6) is -0.0238. The van der Waals surface area contributed by atoms with E-state index in [9.17, 15) is 13.6 Å². The first-order chi connectivity index (χ1) is 8.65. The van der Waals surface area contributed by atoms with Crippen molar-refractivity contribution in [2.24, 2.45) is 0 Å². The van der Waals surface area contributed by atoms with Gasteiger partial charge in [0.25, 0.3) is 0 Å². The van der Waals surface area contributed by atoms with Crippen molar-refractivity contribution in [1.82, 2.24) is 5.32 Å². The van der Waals surface area contributed by atoms with Crippen molar-refractivity contribution in [2.75, 3.05) is 6.54 Å². The smallest absolute Gasteiger partial charge is 0.387 e. The van der Waals surface area contributed by atoms with Crippen molar-refractivity contribution in [3.63, 3.8) is 0 Å². The molecule has 1 unspecified atom stereocenters. The van der Waals surface area contributed by atoms with Crippen molar-refractivity contribution in [3.8, 4) is 5.75 Å². The van der Waals surface area contributed by atoms with Gasteiger partial charge in [-0.15, -0.1) is 0 Å². The van der Waals surface area contributed by atoms with Crippen LogP contribution in [0, 0.1) is 0 Å². The molecule has 1 atom stereocenters. The highest BCUT2D eigenvalue weighted by Crippen LogP contribution is 2.19. The van der Waals surface area contributed by atoms with E-state index in [4.69, 9.17) is 0 Å². The number of hydrogen-bond donors (Lipinski definition) is 1. The molecule has 98 valence electrons. The van der Waals surface area contributed by atoms with Gasteiger partial charge in [-0.25, -0.2) is 0 Å². The van der Waals surface area contributed by atoms with Crippen molar-refractivity contribution >= 4 is 5.78 Å². The van der Waals surface area contributed by atoms with Crippen LogP contribution < -0.4 is 10.1 Å². The second-order valence-corrected chi connectivity index (χ2v) is 4.33.